The number of hydrogen-bond acceptors (Lipinski definition) is 5. The second-order valence-electron chi connectivity index (χ2n) is 7.76. The van der Waals surface area contributed by atoms with E-state index in [9.17, 15) is 14.9 Å². The van der Waals surface area contributed by atoms with Gasteiger partial charge >= 0.3 is 0 Å². The van der Waals surface area contributed by atoms with Crippen molar-refractivity contribution in [1.29, 1.82) is 0 Å². The molecule has 0 aromatic heterocycles. The number of carbonyl (C=O) groups excluding carboxylic acids is 1. The number of hydrogen-bond donors (Lipinski definition) is 2. The van der Waals surface area contributed by atoms with Crippen LogP contribution in [0.25, 0.3) is 0 Å². The highest BCUT2D eigenvalue weighted by Crippen LogP contribution is 2.27. The molecule has 3 rings (SSSR count). The number of nitro benzene ring substituents is 1. The van der Waals surface area contributed by atoms with Gasteiger partial charge in [0.1, 0.15) is 5.69 Å². The van der Waals surface area contributed by atoms with Gasteiger partial charge in [0.05, 0.1) is 4.92 Å². The van der Waals surface area contributed by atoms with Crippen molar-refractivity contribution in [2.24, 2.45) is 5.92 Å². The first-order valence-electron chi connectivity index (χ1n) is 10.2. The summed E-state index contributed by atoms with van der Waals surface area (Å²) in [6.45, 7) is 6.17. The van der Waals surface area contributed by atoms with Crippen LogP contribution in [0.2, 0.25) is 5.02 Å². The Morgan fingerprint density at radius 2 is 1.97 bits per heavy atom. The van der Waals surface area contributed by atoms with E-state index in [1.165, 1.54) is 18.9 Å². The summed E-state index contributed by atoms with van der Waals surface area (Å²) in [5.41, 5.74) is 1.32. The summed E-state index contributed by atoms with van der Waals surface area (Å²) in [5.74, 6) is 0.0163. The minimum absolute atomic E-state index is 0.139. The summed E-state index contributed by atoms with van der Waals surface area (Å²) in [6, 6.07) is 11.8. The summed E-state index contributed by atoms with van der Waals surface area (Å²) in [7, 11) is 0. The van der Waals surface area contributed by atoms with E-state index < -0.39 is 4.92 Å². The fourth-order valence-electron chi connectivity index (χ4n) is 3.65. The molecule has 8 heteroatoms. The first kappa shape index (κ1) is 22.1. The summed E-state index contributed by atoms with van der Waals surface area (Å²) in [5, 5.41) is 18.1. The van der Waals surface area contributed by atoms with Gasteiger partial charge in [0, 0.05) is 36.3 Å². The Kier molecular flexibility index (Phi) is 7.65. The van der Waals surface area contributed by atoms with Crippen LogP contribution in [-0.4, -0.2) is 41.9 Å². The number of amides is 1. The summed E-state index contributed by atoms with van der Waals surface area (Å²) >= 11 is 6.14. The Hall–Kier alpha value is -2.64. The molecule has 2 aromatic rings. The van der Waals surface area contributed by atoms with Crippen LogP contribution < -0.4 is 10.6 Å². The van der Waals surface area contributed by atoms with Gasteiger partial charge in [0.2, 0.25) is 0 Å². The number of carbonyl (C=O) groups is 1. The molecule has 160 valence electrons. The lowest BCUT2D eigenvalue weighted by molar-refractivity contribution is -0.384. The van der Waals surface area contributed by atoms with Gasteiger partial charge in [-0.25, -0.2) is 0 Å². The minimum Gasteiger partial charge on any atom is -0.375 e. The standard InChI is InChI=1S/C22H27ClN4O3/c1-16(15-26-10-4-5-11-26)13-25-22(28)17-8-9-20(21(12-17)27(29)30)24-14-18-6-2-3-7-19(18)23/h2-3,6-9,12,16,24H,4-5,10-11,13-15H2,1H3,(H,25,28). The Morgan fingerprint density at radius 1 is 1.23 bits per heavy atom. The van der Waals surface area contributed by atoms with Crippen molar-refractivity contribution in [3.63, 3.8) is 0 Å². The van der Waals surface area contributed by atoms with Crippen molar-refractivity contribution < 1.29 is 9.72 Å². The predicted molar refractivity (Wildman–Crippen MR) is 119 cm³/mol. The summed E-state index contributed by atoms with van der Waals surface area (Å²) in [6.07, 6.45) is 2.47. The van der Waals surface area contributed by atoms with Gasteiger partial charge in [-0.15, -0.1) is 0 Å². The van der Waals surface area contributed by atoms with Crippen LogP contribution in [-0.2, 0) is 6.54 Å². The quantitative estimate of drug-likeness (QED) is 0.457. The molecule has 0 bridgehead atoms. The van der Waals surface area contributed by atoms with Crippen LogP contribution in [0.3, 0.4) is 0 Å². The van der Waals surface area contributed by atoms with Gasteiger partial charge in [-0.3, -0.25) is 14.9 Å². The number of halogens is 1. The highest BCUT2D eigenvalue weighted by atomic mass is 35.5. The number of nitrogens with one attached hydrogen (secondary N) is 2. The zero-order valence-corrected chi connectivity index (χ0v) is 17.8. The Morgan fingerprint density at radius 3 is 2.67 bits per heavy atom. The molecular weight excluding hydrogens is 404 g/mol. The molecule has 2 aromatic carbocycles. The molecule has 0 radical (unpaired) electrons. The van der Waals surface area contributed by atoms with Gasteiger partial charge in [-0.05, 0) is 55.6 Å². The van der Waals surface area contributed by atoms with E-state index >= 15 is 0 Å². The number of likely N-dealkylation sites (tertiary alicyclic amines) is 1. The number of nitrogens with zero attached hydrogens (tertiary/aromatic N) is 2. The van der Waals surface area contributed by atoms with Crippen molar-refractivity contribution in [1.82, 2.24) is 10.2 Å². The van der Waals surface area contributed by atoms with Crippen molar-refractivity contribution in [3.05, 3.63) is 68.7 Å². The van der Waals surface area contributed by atoms with Crippen LogP contribution in [0.5, 0.6) is 0 Å². The molecule has 1 atom stereocenters. The normalized spacial score (nSPS) is 15.0. The highest BCUT2D eigenvalue weighted by molar-refractivity contribution is 6.31. The SMILES string of the molecule is CC(CNC(=O)c1ccc(NCc2ccccc2Cl)c([N+](=O)[O-])c1)CN1CCCC1. The summed E-state index contributed by atoms with van der Waals surface area (Å²) < 4.78 is 0. The number of benzene rings is 2. The average Bonchev–Trinajstić information content (AvgIpc) is 3.24. The molecule has 1 fully saturated rings. The monoisotopic (exact) mass is 430 g/mol. The Balaban J connectivity index is 1.61. The van der Waals surface area contributed by atoms with E-state index in [2.05, 4.69) is 22.5 Å². The highest BCUT2D eigenvalue weighted by Gasteiger charge is 2.19. The third-order valence-corrected chi connectivity index (χ3v) is 5.63. The third-order valence-electron chi connectivity index (χ3n) is 5.26. The molecule has 1 amide bonds. The topological polar surface area (TPSA) is 87.5 Å². The maximum Gasteiger partial charge on any atom is 0.293 e. The van der Waals surface area contributed by atoms with Crippen LogP contribution >= 0.6 is 11.6 Å². The molecule has 7 nitrogen and oxygen atoms in total. The fourth-order valence-corrected chi connectivity index (χ4v) is 3.85. The maximum atomic E-state index is 12.5. The maximum absolute atomic E-state index is 12.5. The lowest BCUT2D eigenvalue weighted by atomic mass is 10.1. The fraction of sp³-hybridized carbons (Fsp3) is 0.409. The smallest absolute Gasteiger partial charge is 0.293 e. The van der Waals surface area contributed by atoms with Crippen LogP contribution in [0.15, 0.2) is 42.5 Å². The van der Waals surface area contributed by atoms with Gasteiger partial charge in [0.25, 0.3) is 11.6 Å². The molecule has 0 spiro atoms. The Bertz CT molecular complexity index is 900. The largest absolute Gasteiger partial charge is 0.375 e. The van der Waals surface area contributed by atoms with E-state index in [-0.39, 0.29) is 17.2 Å². The molecule has 1 unspecified atom stereocenters. The van der Waals surface area contributed by atoms with Crippen LogP contribution in [0.1, 0.15) is 35.7 Å². The lowest BCUT2D eigenvalue weighted by Crippen LogP contribution is -2.34. The molecule has 1 heterocycles. The average molecular weight is 431 g/mol. The van der Waals surface area contributed by atoms with Crippen molar-refractivity contribution in [3.8, 4) is 0 Å². The zero-order valence-electron chi connectivity index (χ0n) is 17.1. The number of anilines is 1. The van der Waals surface area contributed by atoms with E-state index in [0.717, 1.165) is 25.2 Å². The minimum atomic E-state index is -0.484. The van der Waals surface area contributed by atoms with Crippen molar-refractivity contribution >= 4 is 28.9 Å². The van der Waals surface area contributed by atoms with Crippen molar-refractivity contribution in [2.45, 2.75) is 26.3 Å². The predicted octanol–water partition coefficient (Wildman–Crippen LogP) is 4.32. The molecule has 30 heavy (non-hydrogen) atoms. The van der Waals surface area contributed by atoms with Crippen LogP contribution in [0.4, 0.5) is 11.4 Å². The number of nitro groups is 1. The third kappa shape index (κ3) is 5.93. The molecule has 0 aliphatic carbocycles. The molecular formula is C22H27ClN4O3. The molecule has 2 N–H and O–H groups in total. The molecule has 1 aliphatic heterocycles. The molecule has 1 saturated heterocycles. The molecule has 1 aliphatic rings. The van der Waals surface area contributed by atoms with Gasteiger partial charge in [0.15, 0.2) is 0 Å². The zero-order chi connectivity index (χ0) is 21.5. The van der Waals surface area contributed by atoms with Crippen molar-refractivity contribution in [2.75, 3.05) is 31.5 Å². The van der Waals surface area contributed by atoms with E-state index in [4.69, 9.17) is 11.6 Å². The first-order valence-corrected chi connectivity index (χ1v) is 10.6. The first-order chi connectivity index (χ1) is 14.4. The van der Waals surface area contributed by atoms with E-state index in [0.29, 0.717) is 29.7 Å². The van der Waals surface area contributed by atoms with Gasteiger partial charge in [-0.1, -0.05) is 36.7 Å². The van der Waals surface area contributed by atoms with Gasteiger partial charge in [-0.2, -0.15) is 0 Å². The molecule has 0 saturated carbocycles. The summed E-state index contributed by atoms with van der Waals surface area (Å²) in [4.78, 5) is 26.0. The van der Waals surface area contributed by atoms with Gasteiger partial charge < -0.3 is 15.5 Å². The second-order valence-corrected chi connectivity index (χ2v) is 8.16. The Labute approximate surface area is 181 Å². The van der Waals surface area contributed by atoms with E-state index in [1.54, 1.807) is 18.2 Å². The second kappa shape index (κ2) is 10.4. The van der Waals surface area contributed by atoms with E-state index in [1.807, 2.05) is 18.2 Å². The van der Waals surface area contributed by atoms with Crippen LogP contribution in [0, 0.1) is 16.0 Å². The number of rotatable bonds is 9. The lowest BCUT2D eigenvalue weighted by Gasteiger charge is -2.20.